The molecule has 0 spiro atoms. The summed E-state index contributed by atoms with van der Waals surface area (Å²) in [4.78, 5) is 29.3. The van der Waals surface area contributed by atoms with E-state index in [2.05, 4.69) is 40.8 Å². The first-order valence-electron chi connectivity index (χ1n) is 11.5. The van der Waals surface area contributed by atoms with Crippen LogP contribution in [0, 0.1) is 0 Å². The van der Waals surface area contributed by atoms with Crippen molar-refractivity contribution in [3.05, 3.63) is 48.9 Å². The highest BCUT2D eigenvalue weighted by molar-refractivity contribution is 5.69. The summed E-state index contributed by atoms with van der Waals surface area (Å²) in [5.74, 6) is 0.535. The average molecular weight is 478 g/mol. The summed E-state index contributed by atoms with van der Waals surface area (Å²) >= 11 is 0. The van der Waals surface area contributed by atoms with Gasteiger partial charge >= 0.3 is 6.09 Å². The minimum atomic E-state index is -1.32. The zero-order valence-electron chi connectivity index (χ0n) is 19.0. The van der Waals surface area contributed by atoms with Crippen LogP contribution in [0.2, 0.25) is 0 Å². The molecule has 0 bridgehead atoms. The highest BCUT2D eigenvalue weighted by atomic mass is 19.1. The summed E-state index contributed by atoms with van der Waals surface area (Å²) in [6.45, 7) is 1.95. The standard InChI is InChI=1S/C23H24FN9O2/c1-23(4-5-23)30-22(34)35-17-3-2-14(20(17)24)16-8-18(32-31-16)29-21-28-15(13-10-25-12-26-11-13)9-19-27-6-7-33(19)21/h6-12,14,17,20H,2-5H2,1H3,(H,30,34)(H2,28,29,31,32)/t14-,17-,20+/m0/s1. The Hall–Kier alpha value is -4.09. The molecule has 12 heteroatoms. The lowest BCUT2D eigenvalue weighted by atomic mass is 10.0. The minimum absolute atomic E-state index is 0.204. The molecule has 0 saturated heterocycles. The molecule has 2 fully saturated rings. The number of hydrogen-bond acceptors (Lipinski definition) is 8. The van der Waals surface area contributed by atoms with E-state index in [1.54, 1.807) is 35.3 Å². The van der Waals surface area contributed by atoms with Gasteiger partial charge in [-0.15, -0.1) is 0 Å². The number of ether oxygens (including phenoxy) is 1. The van der Waals surface area contributed by atoms with Gasteiger partial charge in [0.25, 0.3) is 0 Å². The maximum Gasteiger partial charge on any atom is 0.407 e. The van der Waals surface area contributed by atoms with E-state index in [1.165, 1.54) is 6.33 Å². The number of amides is 1. The molecule has 4 aromatic rings. The Balaban J connectivity index is 1.18. The number of fused-ring (bicyclic) bond motifs is 1. The lowest BCUT2D eigenvalue weighted by Gasteiger charge is -2.19. The van der Waals surface area contributed by atoms with Crippen molar-refractivity contribution in [2.24, 2.45) is 0 Å². The summed E-state index contributed by atoms with van der Waals surface area (Å²) in [6, 6.07) is 3.60. The van der Waals surface area contributed by atoms with E-state index in [-0.39, 0.29) is 5.54 Å². The molecule has 6 rings (SSSR count). The van der Waals surface area contributed by atoms with Crippen LogP contribution < -0.4 is 10.6 Å². The Labute approximate surface area is 199 Å². The molecule has 2 aliphatic rings. The Morgan fingerprint density at radius 2 is 2.09 bits per heavy atom. The molecule has 0 aromatic carbocycles. The normalized spacial score (nSPS) is 22.7. The molecule has 0 unspecified atom stereocenters. The molecule has 35 heavy (non-hydrogen) atoms. The lowest BCUT2D eigenvalue weighted by molar-refractivity contribution is 0.0546. The van der Waals surface area contributed by atoms with Crippen LogP contribution in [0.5, 0.6) is 0 Å². The van der Waals surface area contributed by atoms with Gasteiger partial charge < -0.3 is 15.4 Å². The fourth-order valence-electron chi connectivity index (χ4n) is 4.39. The minimum Gasteiger partial charge on any atom is -0.443 e. The van der Waals surface area contributed by atoms with Gasteiger partial charge in [0, 0.05) is 59.6 Å². The number of nitrogens with one attached hydrogen (secondary N) is 3. The van der Waals surface area contributed by atoms with E-state index in [0.717, 1.165) is 18.4 Å². The molecule has 180 valence electrons. The molecule has 4 heterocycles. The van der Waals surface area contributed by atoms with Crippen molar-refractivity contribution in [3.8, 4) is 11.3 Å². The number of hydrogen-bond donors (Lipinski definition) is 3. The van der Waals surface area contributed by atoms with E-state index >= 15 is 4.39 Å². The summed E-state index contributed by atoms with van der Waals surface area (Å²) in [5, 5.41) is 13.2. The fourth-order valence-corrected chi connectivity index (χ4v) is 4.39. The van der Waals surface area contributed by atoms with E-state index in [0.29, 0.717) is 41.6 Å². The predicted molar refractivity (Wildman–Crippen MR) is 124 cm³/mol. The average Bonchev–Trinajstić information content (AvgIpc) is 3.22. The van der Waals surface area contributed by atoms with Crippen molar-refractivity contribution >= 4 is 23.5 Å². The largest absolute Gasteiger partial charge is 0.443 e. The van der Waals surface area contributed by atoms with Gasteiger partial charge in [0.1, 0.15) is 24.3 Å². The van der Waals surface area contributed by atoms with Crippen molar-refractivity contribution in [1.29, 1.82) is 0 Å². The van der Waals surface area contributed by atoms with E-state index in [4.69, 9.17) is 4.74 Å². The van der Waals surface area contributed by atoms with Gasteiger partial charge in [0.15, 0.2) is 5.82 Å². The maximum atomic E-state index is 15.2. The molecule has 3 N–H and O–H groups in total. The molecule has 2 aliphatic carbocycles. The number of rotatable bonds is 6. The topological polar surface area (TPSA) is 135 Å². The molecule has 4 aromatic heterocycles. The number of carbonyl (C=O) groups excluding carboxylic acids is 1. The number of anilines is 2. The third kappa shape index (κ3) is 4.27. The van der Waals surface area contributed by atoms with Crippen molar-refractivity contribution < 1.29 is 13.9 Å². The van der Waals surface area contributed by atoms with Gasteiger partial charge in [-0.3, -0.25) is 9.50 Å². The number of imidazole rings is 1. The second-order valence-electron chi connectivity index (χ2n) is 9.34. The number of H-pyrrole nitrogens is 1. The first kappa shape index (κ1) is 21.4. The smallest absolute Gasteiger partial charge is 0.407 e. The Kier molecular flexibility index (Phi) is 5.08. The molecule has 3 atom stereocenters. The maximum absolute atomic E-state index is 15.2. The first-order valence-corrected chi connectivity index (χ1v) is 11.5. The summed E-state index contributed by atoms with van der Waals surface area (Å²) in [5.41, 5.74) is 2.52. The van der Waals surface area contributed by atoms with Gasteiger partial charge in [-0.25, -0.2) is 29.1 Å². The summed E-state index contributed by atoms with van der Waals surface area (Å²) < 4.78 is 22.4. The number of alkyl halides is 1. The number of aromatic nitrogens is 7. The monoisotopic (exact) mass is 477 g/mol. The van der Waals surface area contributed by atoms with Crippen molar-refractivity contribution in [2.45, 2.75) is 56.3 Å². The number of halogens is 1. The fraction of sp³-hybridized carbons (Fsp3) is 0.391. The molecule has 11 nitrogen and oxygen atoms in total. The zero-order valence-corrected chi connectivity index (χ0v) is 19.0. The summed E-state index contributed by atoms with van der Waals surface area (Å²) in [7, 11) is 0. The number of alkyl carbamates (subject to hydrolysis) is 1. The van der Waals surface area contributed by atoms with Crippen LogP contribution >= 0.6 is 0 Å². The van der Waals surface area contributed by atoms with Crippen molar-refractivity contribution in [1.82, 2.24) is 39.9 Å². The van der Waals surface area contributed by atoms with Crippen LogP contribution in [0.15, 0.2) is 43.2 Å². The third-order valence-corrected chi connectivity index (χ3v) is 6.65. The van der Waals surface area contributed by atoms with Crippen LogP contribution in [-0.2, 0) is 4.74 Å². The van der Waals surface area contributed by atoms with Gasteiger partial charge in [-0.1, -0.05) is 0 Å². The van der Waals surface area contributed by atoms with Crippen LogP contribution in [0.1, 0.15) is 44.2 Å². The summed E-state index contributed by atoms with van der Waals surface area (Å²) in [6.07, 6.45) is 8.46. The van der Waals surface area contributed by atoms with Crippen LogP contribution in [0.25, 0.3) is 16.9 Å². The predicted octanol–water partition coefficient (Wildman–Crippen LogP) is 3.52. The van der Waals surface area contributed by atoms with E-state index in [9.17, 15) is 4.79 Å². The molecule has 0 radical (unpaired) electrons. The van der Waals surface area contributed by atoms with Crippen molar-refractivity contribution in [3.63, 3.8) is 0 Å². The van der Waals surface area contributed by atoms with Gasteiger partial charge in [-0.05, 0) is 32.6 Å². The SMILES string of the molecule is CC1(NC(=O)O[C@H]2CC[C@@H](c3cc(Nc4nc(-c5cncnc5)cc5nccn45)n[nH]3)[C@H]2F)CC1. The van der Waals surface area contributed by atoms with Crippen LogP contribution in [0.3, 0.4) is 0 Å². The highest BCUT2D eigenvalue weighted by Crippen LogP contribution is 2.39. The second-order valence-corrected chi connectivity index (χ2v) is 9.34. The number of aromatic amines is 1. The Bertz CT molecular complexity index is 1370. The number of carbonyl (C=O) groups is 1. The quantitative estimate of drug-likeness (QED) is 0.384. The highest BCUT2D eigenvalue weighted by Gasteiger charge is 2.43. The van der Waals surface area contributed by atoms with Gasteiger partial charge in [-0.2, -0.15) is 5.10 Å². The van der Waals surface area contributed by atoms with Crippen LogP contribution in [-0.4, -0.2) is 58.4 Å². The van der Waals surface area contributed by atoms with E-state index < -0.39 is 24.3 Å². The Morgan fingerprint density at radius 3 is 2.89 bits per heavy atom. The molecule has 2 saturated carbocycles. The number of nitrogens with zero attached hydrogens (tertiary/aromatic N) is 6. The van der Waals surface area contributed by atoms with Crippen molar-refractivity contribution in [2.75, 3.05) is 5.32 Å². The third-order valence-electron chi connectivity index (χ3n) is 6.65. The second kappa shape index (κ2) is 8.29. The van der Waals surface area contributed by atoms with E-state index in [1.807, 2.05) is 13.0 Å². The van der Waals surface area contributed by atoms with Crippen LogP contribution in [0.4, 0.5) is 21.0 Å². The Morgan fingerprint density at radius 1 is 1.26 bits per heavy atom. The van der Waals surface area contributed by atoms with Gasteiger partial charge in [0.05, 0.1) is 5.69 Å². The molecular formula is C23H24FN9O2. The lowest BCUT2D eigenvalue weighted by Crippen LogP contribution is -2.38. The van der Waals surface area contributed by atoms with Gasteiger partial charge in [0.2, 0.25) is 5.95 Å². The molecule has 1 amide bonds. The molecular weight excluding hydrogens is 453 g/mol. The zero-order chi connectivity index (χ0) is 24.0. The molecule has 0 aliphatic heterocycles. The first-order chi connectivity index (χ1) is 17.0.